The van der Waals surface area contributed by atoms with Crippen LogP contribution in [0.3, 0.4) is 0 Å². The molecule has 4 amide bonds. The van der Waals surface area contributed by atoms with E-state index < -0.39 is 12.2 Å². The summed E-state index contributed by atoms with van der Waals surface area (Å²) in [5.74, 6) is -1.04. The van der Waals surface area contributed by atoms with Crippen LogP contribution in [0.1, 0.15) is 97.1 Å². The number of aliphatic hydroxyl groups excluding tert-OH is 2. The molecule has 0 aliphatic carbocycles. The quantitative estimate of drug-likeness (QED) is 0.0973. The number of ether oxygens (including phenoxy) is 1. The second kappa shape index (κ2) is 26.7. The lowest BCUT2D eigenvalue weighted by atomic mass is 10.00. The zero-order valence-corrected chi connectivity index (χ0v) is 39.2. The van der Waals surface area contributed by atoms with Crippen LogP contribution in [0.5, 0.6) is 0 Å². The molecule has 6 heterocycles. The molecule has 3 unspecified atom stereocenters. The van der Waals surface area contributed by atoms with Crippen molar-refractivity contribution in [3.05, 3.63) is 177 Å². The first-order chi connectivity index (χ1) is 31.7. The molecule has 3 atom stereocenters. The van der Waals surface area contributed by atoms with Crippen LogP contribution in [0, 0.1) is 0 Å². The third-order valence-electron chi connectivity index (χ3n) is 12.6. The van der Waals surface area contributed by atoms with Gasteiger partial charge in [0.15, 0.2) is 0 Å². The van der Waals surface area contributed by atoms with E-state index in [1.165, 1.54) is 44.7 Å². The Labute approximate surface area is 425 Å². The maximum atomic E-state index is 12.4. The number of benzene rings is 5. The average molecular weight is 1050 g/mol. The maximum Gasteiger partial charge on any atom is 0.261 e. The molecule has 5 aromatic carbocycles. The summed E-state index contributed by atoms with van der Waals surface area (Å²) >= 11 is 0. The van der Waals surface area contributed by atoms with E-state index >= 15 is 0 Å². The molecule has 1 saturated heterocycles. The molecule has 1 fully saturated rings. The number of epoxide rings is 1. The van der Waals surface area contributed by atoms with Gasteiger partial charge in [0.1, 0.15) is 0 Å². The van der Waals surface area contributed by atoms with Gasteiger partial charge in [0.25, 0.3) is 23.6 Å². The fourth-order valence-electron chi connectivity index (χ4n) is 8.97. The molecule has 11 rings (SSSR count). The summed E-state index contributed by atoms with van der Waals surface area (Å²) in [5.41, 5.74) is 15.7. The van der Waals surface area contributed by atoms with Crippen LogP contribution in [0.4, 0.5) is 0 Å². The number of carbonyl (C=O) groups excluding carboxylic acids is 4. The Balaban J connectivity index is 0.000000206. The van der Waals surface area contributed by atoms with Crippen molar-refractivity contribution in [2.24, 2.45) is 5.73 Å². The number of rotatable bonds is 9. The van der Waals surface area contributed by atoms with E-state index in [0.717, 1.165) is 57.0 Å². The smallest absolute Gasteiger partial charge is 0.261 e. The van der Waals surface area contributed by atoms with E-state index in [2.05, 4.69) is 75.8 Å². The largest absolute Gasteiger partial charge is 1.00 e. The van der Waals surface area contributed by atoms with Crippen LogP contribution in [0.25, 0.3) is 0 Å². The molecule has 370 valence electrons. The second-order valence-corrected chi connectivity index (χ2v) is 17.2. The van der Waals surface area contributed by atoms with Gasteiger partial charge in [0, 0.05) is 52.4 Å². The van der Waals surface area contributed by atoms with Gasteiger partial charge in [0.05, 0.1) is 60.3 Å². The predicted molar refractivity (Wildman–Crippen MR) is 267 cm³/mol. The topological polar surface area (TPSA) is 172 Å². The van der Waals surface area contributed by atoms with Gasteiger partial charge in [-0.15, -0.1) is 0 Å². The summed E-state index contributed by atoms with van der Waals surface area (Å²) in [5, 5.41) is 23.3. The molecule has 5 N–H and O–H groups in total. The van der Waals surface area contributed by atoms with Crippen LogP contribution in [-0.2, 0) is 43.6 Å². The zero-order chi connectivity index (χ0) is 45.3. The monoisotopic (exact) mass is 1050 g/mol. The molecule has 0 saturated carbocycles. The number of nitrogens with two attached hydrogens (primary N) is 1. The Morgan fingerprint density at radius 2 is 0.913 bits per heavy atom. The van der Waals surface area contributed by atoms with Gasteiger partial charge in [-0.1, -0.05) is 119 Å². The van der Waals surface area contributed by atoms with Crippen LogP contribution in [0.15, 0.2) is 121 Å². The number of fused-ring (bicyclic) bond motifs is 5. The normalized spacial score (nSPS) is 18.0. The third kappa shape index (κ3) is 14.2. The number of aliphatic hydroxyl groups is 2. The zero-order valence-electron chi connectivity index (χ0n) is 37.1. The van der Waals surface area contributed by atoms with Crippen LogP contribution < -0.4 is 35.0 Å². The first-order valence-electron chi connectivity index (χ1n) is 22.6. The molecular weight excluding hydrogens is 984 g/mol. The molecule has 14 heteroatoms. The van der Waals surface area contributed by atoms with Crippen molar-refractivity contribution >= 4 is 23.6 Å². The van der Waals surface area contributed by atoms with E-state index in [-0.39, 0.29) is 82.5 Å². The number of carbonyl (C=O) groups is 4. The molecule has 0 spiro atoms. The number of amides is 4. The van der Waals surface area contributed by atoms with Gasteiger partial charge in [-0.2, -0.15) is 0 Å². The molecular formula is C55H70IN6O7-. The van der Waals surface area contributed by atoms with Gasteiger partial charge in [0.2, 0.25) is 0 Å². The second-order valence-electron chi connectivity index (χ2n) is 17.2. The van der Waals surface area contributed by atoms with E-state index in [0.29, 0.717) is 55.0 Å². The molecule has 69 heavy (non-hydrogen) atoms. The van der Waals surface area contributed by atoms with Crippen LogP contribution >= 0.6 is 0 Å². The van der Waals surface area contributed by atoms with Gasteiger partial charge >= 0.3 is 0 Å². The summed E-state index contributed by atoms with van der Waals surface area (Å²) < 4.78 is 5.02. The Bertz CT molecular complexity index is 2410. The average Bonchev–Trinajstić information content (AvgIpc) is 4.11. The summed E-state index contributed by atoms with van der Waals surface area (Å²) in [6, 6.07) is 39.2. The highest BCUT2D eigenvalue weighted by molar-refractivity contribution is 6.22. The van der Waals surface area contributed by atoms with Gasteiger partial charge in [-0.3, -0.25) is 38.8 Å². The molecule has 0 bridgehead atoms. The first-order valence-corrected chi connectivity index (χ1v) is 22.6. The van der Waals surface area contributed by atoms with Crippen molar-refractivity contribution in [1.29, 1.82) is 0 Å². The highest BCUT2D eigenvalue weighted by atomic mass is 127. The van der Waals surface area contributed by atoms with Gasteiger partial charge < -0.3 is 50.0 Å². The highest BCUT2D eigenvalue weighted by Crippen LogP contribution is 2.26. The number of hydrogen-bond acceptors (Lipinski definition) is 11. The van der Waals surface area contributed by atoms with Crippen molar-refractivity contribution in [3.8, 4) is 0 Å². The summed E-state index contributed by atoms with van der Waals surface area (Å²) in [7, 11) is 0. The van der Waals surface area contributed by atoms with Crippen LogP contribution in [-0.4, -0.2) is 131 Å². The molecule has 0 aromatic heterocycles. The number of imide groups is 2. The standard InChI is InChI=1S/C20H20N2O3.C12H18N2O.C11H9NO3.C9H11N.3CH4.HI/c23-16(12-21-10-9-14-5-1-2-6-15(14)11-21)13-22-19(24)17-7-3-4-8-18(17)20(22)25;13-7-12(15)9-14-6-5-10-3-1-2-4-11(10)8-14;13-10-8-3-1-2-4-9(8)11(14)12(10)5-7-6-15-7;1-2-4-9-7-10-6-5-8(9)3-1;;;;/h1-8,16,23H,9-13H2;1-4,12,15H,5-9,13H2;1-4,7H,5-6H2;1-4,10H,5-7H2;3*1H4;1H/p-1. The lowest BCUT2D eigenvalue weighted by molar-refractivity contribution is -0.0000603. The minimum atomic E-state index is -0.757. The Morgan fingerprint density at radius 1 is 0.536 bits per heavy atom. The fourth-order valence-corrected chi connectivity index (χ4v) is 8.97. The summed E-state index contributed by atoms with van der Waals surface area (Å²) in [4.78, 5) is 55.3. The number of hydrogen-bond donors (Lipinski definition) is 4. The van der Waals surface area contributed by atoms with Crippen molar-refractivity contribution in [2.45, 2.75) is 79.5 Å². The molecule has 6 aliphatic heterocycles. The Hall–Kier alpha value is -5.17. The molecule has 13 nitrogen and oxygen atoms in total. The van der Waals surface area contributed by atoms with E-state index in [1.54, 1.807) is 48.5 Å². The molecule has 0 radical (unpaired) electrons. The predicted octanol–water partition coefficient (Wildman–Crippen LogP) is 2.99. The fraction of sp³-hybridized carbons (Fsp3) is 0.382. The minimum Gasteiger partial charge on any atom is -1.00 e. The van der Waals surface area contributed by atoms with E-state index in [9.17, 15) is 29.4 Å². The number of nitrogens with one attached hydrogen (secondary N) is 1. The number of nitrogens with zero attached hydrogens (tertiary/aromatic N) is 4. The Kier molecular flexibility index (Phi) is 21.8. The van der Waals surface area contributed by atoms with Crippen molar-refractivity contribution in [1.82, 2.24) is 24.9 Å². The summed E-state index contributed by atoms with van der Waals surface area (Å²) in [6.45, 7) is 8.34. The summed E-state index contributed by atoms with van der Waals surface area (Å²) in [6.07, 6.45) is 2.12. The molecule has 5 aromatic rings. The van der Waals surface area contributed by atoms with Crippen molar-refractivity contribution < 1.29 is 58.1 Å². The lowest BCUT2D eigenvalue weighted by Crippen LogP contribution is -3.00. The first kappa shape index (κ1) is 56.4. The van der Waals surface area contributed by atoms with E-state index in [4.69, 9.17) is 10.5 Å². The Morgan fingerprint density at radius 3 is 1.33 bits per heavy atom. The molecule has 6 aliphatic rings. The minimum absolute atomic E-state index is 0. The number of β-amino-alcohol motifs (C(OH)–C–C–N with tert-alkyl or cyclic N) is 2. The third-order valence-corrected chi connectivity index (χ3v) is 12.6. The van der Waals surface area contributed by atoms with Gasteiger partial charge in [-0.25, -0.2) is 0 Å². The van der Waals surface area contributed by atoms with E-state index in [1.807, 2.05) is 12.1 Å². The van der Waals surface area contributed by atoms with Gasteiger partial charge in [-0.05, 0) is 83.5 Å². The highest BCUT2D eigenvalue weighted by Gasteiger charge is 2.39. The van der Waals surface area contributed by atoms with Crippen LogP contribution in [0.2, 0.25) is 0 Å². The lowest BCUT2D eigenvalue weighted by Gasteiger charge is -2.31. The van der Waals surface area contributed by atoms with Crippen molar-refractivity contribution in [3.63, 3.8) is 0 Å². The maximum absolute atomic E-state index is 12.4. The SMILES string of the molecule is C.C.C.NCC(O)CN1CCc2ccccc2C1.O=C1c2ccccc2C(=O)N1CC(O)CN1CCc2ccccc2C1.O=C1c2ccccc2C(=O)N1CC1CO1.[I-].c1ccc2c(c1)CCNC2. The van der Waals surface area contributed by atoms with Crippen molar-refractivity contribution in [2.75, 3.05) is 59.0 Å². The number of halogens is 1.